The molecule has 0 fully saturated rings. The van der Waals surface area contributed by atoms with Gasteiger partial charge in [-0.25, -0.2) is 9.78 Å². The Balaban J connectivity index is 1.68. The van der Waals surface area contributed by atoms with Crippen LogP contribution in [0.4, 0.5) is 0 Å². The van der Waals surface area contributed by atoms with Crippen LogP contribution in [-0.2, 0) is 14.9 Å². The summed E-state index contributed by atoms with van der Waals surface area (Å²) in [5.74, 6) is 0.763. The first kappa shape index (κ1) is 28.3. The highest BCUT2D eigenvalue weighted by atomic mass is 79.9. The Kier molecular flexibility index (Phi) is 8.11. The number of hydrogen-bond acceptors (Lipinski definition) is 6. The summed E-state index contributed by atoms with van der Waals surface area (Å²) in [6, 6.07) is 15.0. The molecule has 2 aromatic carbocycles. The molecule has 0 spiro atoms. The number of hydrogen-bond donors (Lipinski definition) is 0. The second kappa shape index (κ2) is 11.2. The first-order valence-electron chi connectivity index (χ1n) is 12.8. The van der Waals surface area contributed by atoms with Gasteiger partial charge >= 0.3 is 5.97 Å². The first-order valence-corrected chi connectivity index (χ1v) is 13.6. The van der Waals surface area contributed by atoms with Gasteiger partial charge in [-0.2, -0.15) is 9.78 Å². The van der Waals surface area contributed by atoms with Crippen molar-refractivity contribution in [3.63, 3.8) is 0 Å². The predicted molar refractivity (Wildman–Crippen MR) is 157 cm³/mol. The van der Waals surface area contributed by atoms with Crippen molar-refractivity contribution < 1.29 is 14.3 Å². The topological polar surface area (TPSA) is 87.7 Å². The predicted octanol–water partition coefficient (Wildman–Crippen LogP) is 6.08. The molecule has 4 aromatic rings. The fraction of sp³-hybridized carbons (Fsp3) is 0.333. The zero-order valence-electron chi connectivity index (χ0n) is 23.3. The Bertz CT molecular complexity index is 1610. The molecule has 0 aliphatic rings. The zero-order chi connectivity index (χ0) is 28.5. The number of carbonyl (C=O) groups is 1. The molecule has 4 rings (SSSR count). The van der Waals surface area contributed by atoms with E-state index < -0.39 is 17.5 Å². The molecule has 2 heterocycles. The van der Waals surface area contributed by atoms with E-state index in [-0.39, 0.29) is 5.56 Å². The largest absolute Gasteiger partial charge is 0.479 e. The third-order valence-electron chi connectivity index (χ3n) is 6.29. The number of fused-ring (bicyclic) bond motifs is 1. The van der Waals surface area contributed by atoms with Gasteiger partial charge in [-0.1, -0.05) is 36.7 Å². The number of rotatable bonds is 7. The quantitative estimate of drug-likeness (QED) is 0.192. The Morgan fingerprint density at radius 2 is 1.82 bits per heavy atom. The number of nitrogens with zero attached hydrogens (tertiary/aromatic N) is 4. The fourth-order valence-electron chi connectivity index (χ4n) is 4.36. The van der Waals surface area contributed by atoms with Crippen molar-refractivity contribution in [3.8, 4) is 11.4 Å². The van der Waals surface area contributed by atoms with Gasteiger partial charge in [-0.15, -0.1) is 0 Å². The number of carbonyl (C=O) groups excluding carboxylic acids is 1. The maximum atomic E-state index is 13.5. The van der Waals surface area contributed by atoms with Crippen LogP contribution in [0, 0.1) is 13.8 Å². The van der Waals surface area contributed by atoms with E-state index in [1.807, 2.05) is 77.1 Å². The van der Waals surface area contributed by atoms with Gasteiger partial charge in [0.15, 0.2) is 6.10 Å². The Hall–Kier alpha value is -3.72. The van der Waals surface area contributed by atoms with Crippen molar-refractivity contribution in [1.82, 2.24) is 14.2 Å². The molecule has 0 saturated carbocycles. The SMILES string of the molecule is CCOC(=O)[C@@H](C)Oc1ccc(-n2c(C)cc(C=Nn3c(C(C)(C)C)nc4ccc(Br)cc4c3=O)c2C)cc1. The summed E-state index contributed by atoms with van der Waals surface area (Å²) in [5, 5.41) is 5.13. The van der Waals surface area contributed by atoms with Crippen LogP contribution in [0.25, 0.3) is 16.6 Å². The molecular formula is C30H33BrN4O4. The molecule has 2 aromatic heterocycles. The second-order valence-corrected chi connectivity index (χ2v) is 11.3. The van der Waals surface area contributed by atoms with Crippen molar-refractivity contribution in [1.29, 1.82) is 0 Å². The number of benzene rings is 2. The van der Waals surface area contributed by atoms with E-state index in [2.05, 4.69) is 25.6 Å². The maximum Gasteiger partial charge on any atom is 0.347 e. The minimum atomic E-state index is -0.694. The number of aromatic nitrogens is 3. The lowest BCUT2D eigenvalue weighted by Gasteiger charge is -2.20. The molecule has 0 unspecified atom stereocenters. The van der Waals surface area contributed by atoms with Gasteiger partial charge in [0, 0.05) is 32.5 Å². The fourth-order valence-corrected chi connectivity index (χ4v) is 4.72. The number of esters is 1. The minimum absolute atomic E-state index is 0.219. The van der Waals surface area contributed by atoms with E-state index in [0.717, 1.165) is 27.1 Å². The Morgan fingerprint density at radius 1 is 1.13 bits per heavy atom. The molecule has 9 heteroatoms. The van der Waals surface area contributed by atoms with Gasteiger partial charge in [0.1, 0.15) is 11.6 Å². The van der Waals surface area contributed by atoms with Crippen LogP contribution in [0.15, 0.2) is 62.9 Å². The molecule has 0 saturated heterocycles. The third-order valence-corrected chi connectivity index (χ3v) is 6.78. The molecule has 0 N–H and O–H groups in total. The van der Waals surface area contributed by atoms with Crippen LogP contribution >= 0.6 is 15.9 Å². The molecular weight excluding hydrogens is 560 g/mol. The summed E-state index contributed by atoms with van der Waals surface area (Å²) in [4.78, 5) is 30.1. The minimum Gasteiger partial charge on any atom is -0.479 e. The normalized spacial score (nSPS) is 12.7. The van der Waals surface area contributed by atoms with Crippen LogP contribution in [0.3, 0.4) is 0 Å². The summed E-state index contributed by atoms with van der Waals surface area (Å²) in [6.45, 7) is 13.8. The van der Waals surface area contributed by atoms with Gasteiger partial charge in [0.25, 0.3) is 5.56 Å². The molecule has 8 nitrogen and oxygen atoms in total. The van der Waals surface area contributed by atoms with E-state index in [4.69, 9.17) is 14.5 Å². The Labute approximate surface area is 236 Å². The van der Waals surface area contributed by atoms with Crippen molar-refractivity contribution in [2.75, 3.05) is 6.61 Å². The third kappa shape index (κ3) is 5.98. The van der Waals surface area contributed by atoms with Crippen LogP contribution in [0.1, 0.15) is 57.4 Å². The van der Waals surface area contributed by atoms with Gasteiger partial charge in [-0.05, 0) is 76.2 Å². The van der Waals surface area contributed by atoms with Crippen LogP contribution < -0.4 is 10.3 Å². The van der Waals surface area contributed by atoms with Gasteiger partial charge in [0.2, 0.25) is 0 Å². The lowest BCUT2D eigenvalue weighted by molar-refractivity contribution is -0.150. The second-order valence-electron chi connectivity index (χ2n) is 10.4. The van der Waals surface area contributed by atoms with Crippen LogP contribution in [0.2, 0.25) is 0 Å². The molecule has 0 radical (unpaired) electrons. The highest BCUT2D eigenvalue weighted by Gasteiger charge is 2.23. The molecule has 0 amide bonds. The average Bonchev–Trinajstić information content (AvgIpc) is 3.16. The van der Waals surface area contributed by atoms with Crippen molar-refractivity contribution in [3.05, 3.63) is 86.1 Å². The summed E-state index contributed by atoms with van der Waals surface area (Å²) in [6.07, 6.45) is 1.01. The van der Waals surface area contributed by atoms with Crippen molar-refractivity contribution in [2.24, 2.45) is 5.10 Å². The average molecular weight is 594 g/mol. The Morgan fingerprint density at radius 3 is 2.46 bits per heavy atom. The monoisotopic (exact) mass is 592 g/mol. The van der Waals surface area contributed by atoms with Crippen molar-refractivity contribution in [2.45, 2.75) is 60.0 Å². The van der Waals surface area contributed by atoms with E-state index >= 15 is 0 Å². The molecule has 0 bridgehead atoms. The van der Waals surface area contributed by atoms with Gasteiger partial charge < -0.3 is 14.0 Å². The van der Waals surface area contributed by atoms with E-state index in [1.165, 1.54) is 4.68 Å². The number of aryl methyl sites for hydroxylation is 1. The smallest absolute Gasteiger partial charge is 0.347 e. The van der Waals surface area contributed by atoms with Gasteiger partial charge in [0.05, 0.1) is 23.7 Å². The highest BCUT2D eigenvalue weighted by molar-refractivity contribution is 9.10. The van der Waals surface area contributed by atoms with Gasteiger partial charge in [-0.3, -0.25) is 4.79 Å². The summed E-state index contributed by atoms with van der Waals surface area (Å²) in [7, 11) is 0. The number of ether oxygens (including phenoxy) is 2. The highest BCUT2D eigenvalue weighted by Crippen LogP contribution is 2.25. The first-order chi connectivity index (χ1) is 18.4. The summed E-state index contributed by atoms with van der Waals surface area (Å²) in [5.41, 5.74) is 3.81. The van der Waals surface area contributed by atoms with Crippen molar-refractivity contribution >= 4 is 39.0 Å². The molecule has 0 aliphatic carbocycles. The lowest BCUT2D eigenvalue weighted by Crippen LogP contribution is -2.29. The molecule has 39 heavy (non-hydrogen) atoms. The summed E-state index contributed by atoms with van der Waals surface area (Å²) >= 11 is 3.45. The molecule has 0 aliphatic heterocycles. The van der Waals surface area contributed by atoms with Crippen LogP contribution in [-0.4, -0.2) is 39.1 Å². The van der Waals surface area contributed by atoms with Crippen LogP contribution in [0.5, 0.6) is 5.75 Å². The van der Waals surface area contributed by atoms with E-state index in [9.17, 15) is 9.59 Å². The molecule has 1 atom stereocenters. The van der Waals surface area contributed by atoms with E-state index in [1.54, 1.807) is 26.1 Å². The zero-order valence-corrected chi connectivity index (χ0v) is 24.9. The maximum absolute atomic E-state index is 13.5. The molecule has 204 valence electrons. The standard InChI is InChI=1S/C30H33BrN4O4/c1-8-38-28(37)20(4)39-24-12-10-23(11-13-24)34-18(2)15-21(19(34)3)17-32-35-27(36)25-16-22(31)9-14-26(25)33-29(35)30(5,6)7/h9-17,20H,8H2,1-7H3/t20-/m1/s1. The van der Waals surface area contributed by atoms with E-state index in [0.29, 0.717) is 29.1 Å². The number of halogens is 1. The lowest BCUT2D eigenvalue weighted by atomic mass is 9.95. The summed E-state index contributed by atoms with van der Waals surface area (Å²) < 4.78 is 15.0.